The number of aromatic nitrogens is 6. The zero-order chi connectivity index (χ0) is 13.9. The monoisotopic (exact) mass is 268 g/mol. The highest BCUT2D eigenvalue weighted by atomic mass is 16.5. The third kappa shape index (κ3) is 2.37. The summed E-state index contributed by atoms with van der Waals surface area (Å²) in [5.74, 6) is 1.81. The van der Waals surface area contributed by atoms with Crippen LogP contribution in [0.15, 0.2) is 35.2 Å². The van der Waals surface area contributed by atoms with Crippen molar-refractivity contribution in [2.75, 3.05) is 0 Å². The first-order valence-corrected chi connectivity index (χ1v) is 6.18. The van der Waals surface area contributed by atoms with Crippen LogP contribution in [0.25, 0.3) is 23.0 Å². The third-order valence-electron chi connectivity index (χ3n) is 2.66. The summed E-state index contributed by atoms with van der Waals surface area (Å²) in [5.41, 5.74) is 1.24. The predicted molar refractivity (Wildman–Crippen MR) is 70.4 cm³/mol. The minimum atomic E-state index is 0.280. The van der Waals surface area contributed by atoms with Crippen LogP contribution in [0.2, 0.25) is 0 Å². The zero-order valence-electron chi connectivity index (χ0n) is 11.1. The molecule has 3 aromatic heterocycles. The van der Waals surface area contributed by atoms with Crippen LogP contribution >= 0.6 is 0 Å². The molecule has 0 saturated carbocycles. The minimum absolute atomic E-state index is 0.280. The average Bonchev–Trinajstić information content (AvgIpc) is 2.98. The average molecular weight is 268 g/mol. The quantitative estimate of drug-likeness (QED) is 0.718. The number of nitrogens with zero attached hydrogens (tertiary/aromatic N) is 6. The van der Waals surface area contributed by atoms with Crippen molar-refractivity contribution in [1.29, 1.82) is 0 Å². The van der Waals surface area contributed by atoms with E-state index in [0.717, 1.165) is 5.82 Å². The van der Waals surface area contributed by atoms with E-state index in [1.165, 1.54) is 0 Å². The maximum atomic E-state index is 5.20. The minimum Gasteiger partial charge on any atom is -0.333 e. The van der Waals surface area contributed by atoms with Gasteiger partial charge in [-0.1, -0.05) is 19.0 Å². The summed E-state index contributed by atoms with van der Waals surface area (Å²) in [6.07, 6.45) is 4.94. The molecule has 0 spiro atoms. The van der Waals surface area contributed by atoms with E-state index in [1.54, 1.807) is 30.7 Å². The normalized spacial score (nSPS) is 10.9. The second kappa shape index (κ2) is 5.12. The van der Waals surface area contributed by atoms with E-state index in [9.17, 15) is 0 Å². The van der Waals surface area contributed by atoms with Crippen LogP contribution in [0, 0.1) is 0 Å². The maximum Gasteiger partial charge on any atom is 0.261 e. The molecule has 0 aliphatic rings. The lowest BCUT2D eigenvalue weighted by atomic mass is 10.2. The van der Waals surface area contributed by atoms with Gasteiger partial charge in [0, 0.05) is 24.5 Å². The Morgan fingerprint density at radius 1 is 1.15 bits per heavy atom. The molecular formula is C13H12N6O. The molecule has 0 saturated heterocycles. The van der Waals surface area contributed by atoms with Crippen LogP contribution in [-0.2, 0) is 0 Å². The van der Waals surface area contributed by atoms with Gasteiger partial charge in [0.05, 0.1) is 5.56 Å². The molecule has 0 aliphatic carbocycles. The highest BCUT2D eigenvalue weighted by molar-refractivity contribution is 5.55. The van der Waals surface area contributed by atoms with E-state index in [-0.39, 0.29) is 5.92 Å². The molecule has 3 rings (SSSR count). The molecule has 0 N–H and O–H groups in total. The molecule has 0 amide bonds. The van der Waals surface area contributed by atoms with Gasteiger partial charge in [0.2, 0.25) is 5.82 Å². The van der Waals surface area contributed by atoms with Crippen molar-refractivity contribution in [2.24, 2.45) is 0 Å². The summed E-state index contributed by atoms with van der Waals surface area (Å²) in [5, 5.41) is 11.6. The molecule has 7 heteroatoms. The van der Waals surface area contributed by atoms with Gasteiger partial charge in [-0.3, -0.25) is 0 Å². The Hall–Kier alpha value is -2.70. The molecule has 20 heavy (non-hydrogen) atoms. The van der Waals surface area contributed by atoms with Gasteiger partial charge < -0.3 is 4.52 Å². The standard InChI is InChI=1S/C13H12N6O/c1-8(2)11-14-6-9(7-15-11)13-17-12(19-20-13)10-4-3-5-16-18-10/h3-8H,1-2H3. The van der Waals surface area contributed by atoms with Crippen molar-refractivity contribution >= 4 is 0 Å². The van der Waals surface area contributed by atoms with E-state index in [2.05, 4.69) is 30.3 Å². The second-order valence-corrected chi connectivity index (χ2v) is 4.52. The SMILES string of the molecule is CC(C)c1ncc(-c2nc(-c3cccnn3)no2)cn1. The fraction of sp³-hybridized carbons (Fsp3) is 0.231. The molecule has 0 radical (unpaired) electrons. The summed E-state index contributed by atoms with van der Waals surface area (Å²) in [6, 6.07) is 3.53. The van der Waals surface area contributed by atoms with Gasteiger partial charge in [0.1, 0.15) is 11.5 Å². The Bertz CT molecular complexity index is 692. The van der Waals surface area contributed by atoms with Crippen LogP contribution in [0.5, 0.6) is 0 Å². The molecule has 0 aromatic carbocycles. The van der Waals surface area contributed by atoms with Gasteiger partial charge in [-0.05, 0) is 12.1 Å². The first-order valence-electron chi connectivity index (χ1n) is 6.18. The Morgan fingerprint density at radius 3 is 2.60 bits per heavy atom. The summed E-state index contributed by atoms with van der Waals surface area (Å²) in [6.45, 7) is 4.07. The van der Waals surface area contributed by atoms with Gasteiger partial charge in [-0.15, -0.1) is 5.10 Å². The van der Waals surface area contributed by atoms with Crippen molar-refractivity contribution in [2.45, 2.75) is 19.8 Å². The highest BCUT2D eigenvalue weighted by Gasteiger charge is 2.13. The number of rotatable bonds is 3. The smallest absolute Gasteiger partial charge is 0.261 e. The van der Waals surface area contributed by atoms with E-state index in [4.69, 9.17) is 4.52 Å². The third-order valence-corrected chi connectivity index (χ3v) is 2.66. The first kappa shape index (κ1) is 12.3. The lowest BCUT2D eigenvalue weighted by Gasteiger charge is -2.01. The molecule has 7 nitrogen and oxygen atoms in total. The van der Waals surface area contributed by atoms with Crippen molar-refractivity contribution in [3.8, 4) is 23.0 Å². The summed E-state index contributed by atoms with van der Waals surface area (Å²) < 4.78 is 5.20. The predicted octanol–water partition coefficient (Wildman–Crippen LogP) is 2.11. The largest absolute Gasteiger partial charge is 0.333 e. The molecule has 3 aromatic rings. The van der Waals surface area contributed by atoms with E-state index >= 15 is 0 Å². The van der Waals surface area contributed by atoms with Crippen LogP contribution in [0.4, 0.5) is 0 Å². The Labute approximate surface area is 115 Å². The Balaban J connectivity index is 1.90. The molecule has 3 heterocycles. The highest BCUT2D eigenvalue weighted by Crippen LogP contribution is 2.20. The molecule has 0 atom stereocenters. The van der Waals surface area contributed by atoms with Crippen molar-refractivity contribution in [3.05, 3.63) is 36.5 Å². The lowest BCUT2D eigenvalue weighted by Crippen LogP contribution is -1.96. The molecule has 0 bridgehead atoms. The number of hydrogen-bond donors (Lipinski definition) is 0. The Kier molecular flexibility index (Phi) is 3.16. The molecule has 0 aliphatic heterocycles. The fourth-order valence-corrected chi connectivity index (χ4v) is 1.61. The molecular weight excluding hydrogens is 256 g/mol. The lowest BCUT2D eigenvalue weighted by molar-refractivity contribution is 0.431. The van der Waals surface area contributed by atoms with Gasteiger partial charge in [-0.2, -0.15) is 10.1 Å². The van der Waals surface area contributed by atoms with Crippen molar-refractivity contribution in [1.82, 2.24) is 30.3 Å². The topological polar surface area (TPSA) is 90.5 Å². The van der Waals surface area contributed by atoms with Crippen molar-refractivity contribution in [3.63, 3.8) is 0 Å². The molecule has 100 valence electrons. The molecule has 0 unspecified atom stereocenters. The van der Waals surface area contributed by atoms with Crippen LogP contribution < -0.4 is 0 Å². The van der Waals surface area contributed by atoms with Gasteiger partial charge in [0.25, 0.3) is 5.89 Å². The maximum absolute atomic E-state index is 5.20. The van der Waals surface area contributed by atoms with E-state index in [1.807, 2.05) is 13.8 Å². The van der Waals surface area contributed by atoms with Crippen molar-refractivity contribution < 1.29 is 4.52 Å². The van der Waals surface area contributed by atoms with Crippen LogP contribution in [0.1, 0.15) is 25.6 Å². The number of hydrogen-bond acceptors (Lipinski definition) is 7. The summed E-state index contributed by atoms with van der Waals surface area (Å²) in [7, 11) is 0. The fourth-order valence-electron chi connectivity index (χ4n) is 1.61. The zero-order valence-corrected chi connectivity index (χ0v) is 11.1. The molecule has 0 fully saturated rings. The first-order chi connectivity index (χ1) is 9.74. The van der Waals surface area contributed by atoms with E-state index < -0.39 is 0 Å². The van der Waals surface area contributed by atoms with Crippen LogP contribution in [0.3, 0.4) is 0 Å². The van der Waals surface area contributed by atoms with Gasteiger partial charge in [0.15, 0.2) is 0 Å². The summed E-state index contributed by atoms with van der Waals surface area (Å²) >= 11 is 0. The van der Waals surface area contributed by atoms with Gasteiger partial charge >= 0.3 is 0 Å². The second-order valence-electron chi connectivity index (χ2n) is 4.52. The van der Waals surface area contributed by atoms with Gasteiger partial charge in [-0.25, -0.2) is 9.97 Å². The van der Waals surface area contributed by atoms with Crippen LogP contribution in [-0.4, -0.2) is 30.3 Å². The summed E-state index contributed by atoms with van der Waals surface area (Å²) in [4.78, 5) is 12.8. The van der Waals surface area contributed by atoms with E-state index in [0.29, 0.717) is 23.0 Å². The Morgan fingerprint density at radius 2 is 1.95 bits per heavy atom.